The maximum atomic E-state index is 12.8. The average Bonchev–Trinajstić information content (AvgIpc) is 2.86. The van der Waals surface area contributed by atoms with Gasteiger partial charge < -0.3 is 25.3 Å². The number of hydrogen-bond acceptors (Lipinski definition) is 8. The lowest BCUT2D eigenvalue weighted by molar-refractivity contribution is -0.174. The minimum absolute atomic E-state index is 0.0731. The number of carbonyl (C=O) groups is 2. The number of likely N-dealkylation sites (tertiary alicyclic amines) is 1. The summed E-state index contributed by atoms with van der Waals surface area (Å²) >= 11 is 5.55. The van der Waals surface area contributed by atoms with E-state index < -0.39 is 0 Å². The fourth-order valence-electron chi connectivity index (χ4n) is 8.81. The molecule has 0 unspecified atom stereocenters. The van der Waals surface area contributed by atoms with E-state index in [9.17, 15) is 14.7 Å². The summed E-state index contributed by atoms with van der Waals surface area (Å²) in [7, 11) is 0. The van der Waals surface area contributed by atoms with Crippen LogP contribution in [-0.4, -0.2) is 75.2 Å². The van der Waals surface area contributed by atoms with E-state index in [1.165, 1.54) is 18.2 Å². The normalized spacial score (nSPS) is 23.9. The number of aromatic nitrogens is 2. The first kappa shape index (κ1) is 30.6. The van der Waals surface area contributed by atoms with Crippen molar-refractivity contribution in [2.45, 2.75) is 71.9 Å². The number of phenolic OH excluding ortho intramolecular Hbond substituents is 1. The molecule has 3 heterocycles. The van der Waals surface area contributed by atoms with Crippen LogP contribution in [0.2, 0.25) is 5.02 Å². The maximum Gasteiger partial charge on any atom is 0.254 e. The van der Waals surface area contributed by atoms with Gasteiger partial charge in [0, 0.05) is 61.4 Å². The highest BCUT2D eigenvalue weighted by molar-refractivity contribution is 6.31. The van der Waals surface area contributed by atoms with Gasteiger partial charge in [0.2, 0.25) is 11.9 Å². The molecule has 0 bridgehead atoms. The van der Waals surface area contributed by atoms with E-state index in [0.717, 1.165) is 58.3 Å². The number of nitrogens with one attached hydrogen (secondary N) is 1. The van der Waals surface area contributed by atoms with Crippen LogP contribution < -0.4 is 10.2 Å². The topological polar surface area (TPSA) is 143 Å². The van der Waals surface area contributed by atoms with Crippen LogP contribution in [0.15, 0.2) is 30.6 Å². The third-order valence-corrected chi connectivity index (χ3v) is 10.8. The Morgan fingerprint density at radius 1 is 1.00 bits per heavy atom. The maximum absolute atomic E-state index is 12.8. The summed E-state index contributed by atoms with van der Waals surface area (Å²) in [5.41, 5.74) is 1.53. The van der Waals surface area contributed by atoms with Gasteiger partial charge in [-0.05, 0) is 61.1 Å². The highest BCUT2D eigenvalue weighted by Crippen LogP contribution is 2.55. The number of rotatable bonds is 4. The number of benzene rings is 1. The predicted molar refractivity (Wildman–Crippen MR) is 165 cm³/mol. The van der Waals surface area contributed by atoms with Crippen molar-refractivity contribution in [2.75, 3.05) is 31.1 Å². The highest BCUT2D eigenvalue weighted by Gasteiger charge is 2.59. The molecule has 2 amide bonds. The number of aromatic hydroxyl groups is 1. The Labute approximate surface area is 263 Å². The third-order valence-electron chi connectivity index (χ3n) is 10.5. The summed E-state index contributed by atoms with van der Waals surface area (Å²) in [6.45, 7) is 12.2. The van der Waals surface area contributed by atoms with E-state index in [2.05, 4.69) is 47.9 Å². The van der Waals surface area contributed by atoms with Crippen molar-refractivity contribution >= 4 is 29.4 Å². The Hall–Kier alpha value is -3.42. The molecule has 11 heteroatoms. The molecule has 2 spiro atoms. The van der Waals surface area contributed by atoms with Crippen LogP contribution in [0.25, 0.3) is 0 Å². The van der Waals surface area contributed by atoms with Crippen LogP contribution in [0.5, 0.6) is 5.75 Å². The van der Waals surface area contributed by atoms with Gasteiger partial charge >= 0.3 is 0 Å². The van der Waals surface area contributed by atoms with Crippen molar-refractivity contribution in [1.82, 2.24) is 20.2 Å². The van der Waals surface area contributed by atoms with Crippen molar-refractivity contribution in [2.24, 2.45) is 27.6 Å². The SMILES string of the molecule is CC1(C)CC(C)(C)C1NC(=O)c1cnc(N2CC3(CC(C(=O)N4CC5(CC(O)C5)C4)C3)C2)nc1.N#Cc1ccc(O)cc1Cl. The minimum Gasteiger partial charge on any atom is -0.508 e. The van der Waals surface area contributed by atoms with Gasteiger partial charge in [-0.3, -0.25) is 9.59 Å². The summed E-state index contributed by atoms with van der Waals surface area (Å²) in [5.74, 6) is 1.08. The number of aliphatic hydroxyl groups excluding tert-OH is 1. The molecule has 1 aromatic heterocycles. The number of aliphatic hydroxyl groups is 1. The Kier molecular flexibility index (Phi) is 7.37. The van der Waals surface area contributed by atoms with Gasteiger partial charge in [-0.2, -0.15) is 5.26 Å². The number of halogens is 1. The molecule has 10 nitrogen and oxygen atoms in total. The molecule has 5 aliphatic rings. The molecular formula is C33H41ClN6O4. The molecule has 0 atom stereocenters. The van der Waals surface area contributed by atoms with Gasteiger partial charge in [-0.1, -0.05) is 39.3 Å². The van der Waals surface area contributed by atoms with Gasteiger partial charge in [0.25, 0.3) is 5.91 Å². The molecule has 7 rings (SSSR count). The van der Waals surface area contributed by atoms with E-state index in [4.69, 9.17) is 22.0 Å². The first-order valence-corrected chi connectivity index (χ1v) is 15.7. The second kappa shape index (κ2) is 10.6. The summed E-state index contributed by atoms with van der Waals surface area (Å²) < 4.78 is 0. The Morgan fingerprint density at radius 3 is 2.11 bits per heavy atom. The number of carbonyl (C=O) groups excluding carboxylic acids is 2. The fourth-order valence-corrected chi connectivity index (χ4v) is 9.02. The Bertz CT molecular complexity index is 1480. The quantitative estimate of drug-likeness (QED) is 0.463. The summed E-state index contributed by atoms with van der Waals surface area (Å²) in [6.07, 6.45) is 7.81. The fraction of sp³-hybridized carbons (Fsp3) is 0.606. The molecule has 5 fully saturated rings. The van der Waals surface area contributed by atoms with Gasteiger partial charge in [-0.15, -0.1) is 0 Å². The number of hydrogen-bond donors (Lipinski definition) is 3. The smallest absolute Gasteiger partial charge is 0.254 e. The zero-order valence-electron chi connectivity index (χ0n) is 25.8. The van der Waals surface area contributed by atoms with Crippen LogP contribution in [0.1, 0.15) is 75.7 Å². The first-order valence-electron chi connectivity index (χ1n) is 15.4. The Balaban J connectivity index is 0.000000294. The van der Waals surface area contributed by atoms with E-state index >= 15 is 0 Å². The van der Waals surface area contributed by atoms with Crippen LogP contribution in [0.3, 0.4) is 0 Å². The van der Waals surface area contributed by atoms with E-state index in [-0.39, 0.29) is 56.4 Å². The standard InChI is InChI=1S/C26H37N5O3.C7H4ClNO/c1-23(2)11-24(3,4)21(23)29-19(33)17-9-27-22(28-10-17)31-14-25(15-31)5-16(6-25)20(34)30-12-26(13-30)7-18(32)8-26;8-7-3-6(10)2-1-5(7)4-9/h9-10,16,18,21,32H,5-8,11-15H2,1-4H3,(H,29,33);1-3,10H. The van der Waals surface area contributed by atoms with E-state index in [1.54, 1.807) is 12.4 Å². The molecule has 1 aromatic carbocycles. The highest BCUT2D eigenvalue weighted by atomic mass is 35.5. The lowest BCUT2D eigenvalue weighted by Crippen LogP contribution is -2.69. The monoisotopic (exact) mass is 620 g/mol. The molecule has 3 N–H and O–H groups in total. The molecule has 234 valence electrons. The first-order chi connectivity index (χ1) is 20.6. The summed E-state index contributed by atoms with van der Waals surface area (Å²) in [6, 6.07) is 6.24. The largest absolute Gasteiger partial charge is 0.508 e. The van der Waals surface area contributed by atoms with Crippen molar-refractivity contribution < 1.29 is 19.8 Å². The van der Waals surface area contributed by atoms with Crippen LogP contribution in [0, 0.1) is 38.9 Å². The number of nitrogens with zero attached hydrogens (tertiary/aromatic N) is 5. The number of anilines is 1. The van der Waals surface area contributed by atoms with Crippen molar-refractivity contribution in [3.05, 3.63) is 46.7 Å². The molecule has 2 saturated heterocycles. The van der Waals surface area contributed by atoms with Gasteiger partial charge in [-0.25, -0.2) is 9.97 Å². The van der Waals surface area contributed by atoms with Crippen molar-refractivity contribution in [1.29, 1.82) is 5.26 Å². The molecule has 3 aliphatic carbocycles. The second-order valence-electron chi connectivity index (χ2n) is 15.3. The van der Waals surface area contributed by atoms with Crippen LogP contribution >= 0.6 is 11.6 Å². The average molecular weight is 621 g/mol. The molecule has 2 aromatic rings. The van der Waals surface area contributed by atoms with E-state index in [1.807, 2.05) is 11.0 Å². The minimum atomic E-state index is -0.155. The lowest BCUT2D eigenvalue weighted by Gasteiger charge is -2.62. The number of nitriles is 1. The second-order valence-corrected chi connectivity index (χ2v) is 15.7. The lowest BCUT2D eigenvalue weighted by atomic mass is 9.52. The molecule has 0 radical (unpaired) electrons. The van der Waals surface area contributed by atoms with E-state index in [0.29, 0.717) is 23.0 Å². The molecule has 44 heavy (non-hydrogen) atoms. The van der Waals surface area contributed by atoms with Crippen molar-refractivity contribution in [3.8, 4) is 11.8 Å². The van der Waals surface area contributed by atoms with Crippen molar-refractivity contribution in [3.63, 3.8) is 0 Å². The third kappa shape index (κ3) is 5.49. The van der Waals surface area contributed by atoms with Crippen LogP contribution in [-0.2, 0) is 4.79 Å². The number of phenols is 1. The molecule has 3 saturated carbocycles. The van der Waals surface area contributed by atoms with Crippen LogP contribution in [0.4, 0.5) is 5.95 Å². The number of amides is 2. The van der Waals surface area contributed by atoms with Gasteiger partial charge in [0.15, 0.2) is 0 Å². The summed E-state index contributed by atoms with van der Waals surface area (Å²) in [4.78, 5) is 38.6. The Morgan fingerprint density at radius 2 is 1.59 bits per heavy atom. The molecule has 2 aliphatic heterocycles. The zero-order valence-corrected chi connectivity index (χ0v) is 26.6. The van der Waals surface area contributed by atoms with Gasteiger partial charge in [0.05, 0.1) is 22.3 Å². The molecular weight excluding hydrogens is 580 g/mol. The predicted octanol–water partition coefficient (Wildman–Crippen LogP) is 4.15. The van der Waals surface area contributed by atoms with Gasteiger partial charge in [0.1, 0.15) is 11.8 Å². The summed E-state index contributed by atoms with van der Waals surface area (Å²) in [5, 5.41) is 30.3. The zero-order chi connectivity index (χ0) is 31.7.